The zero-order chi connectivity index (χ0) is 14.0. The van der Waals surface area contributed by atoms with E-state index in [4.69, 9.17) is 0 Å². The van der Waals surface area contributed by atoms with E-state index in [-0.39, 0.29) is 5.91 Å². The number of carboxylic acids is 1. The summed E-state index contributed by atoms with van der Waals surface area (Å²) in [7, 11) is 0. The molecule has 0 saturated carbocycles. The van der Waals surface area contributed by atoms with E-state index in [1.807, 2.05) is 19.1 Å². The summed E-state index contributed by atoms with van der Waals surface area (Å²) in [5, 5.41) is 9.21. The predicted octanol–water partition coefficient (Wildman–Crippen LogP) is 2.68. The first-order valence-electron chi connectivity index (χ1n) is 6.30. The number of rotatable bonds is 2. The molecule has 0 unspecified atom stereocenters. The van der Waals surface area contributed by atoms with Crippen LogP contribution < -0.4 is 0 Å². The highest BCUT2D eigenvalue weighted by molar-refractivity contribution is 14.1. The van der Waals surface area contributed by atoms with Crippen molar-refractivity contribution in [1.29, 1.82) is 0 Å². The Kier molecular flexibility index (Phi) is 4.44. The number of aryl methyl sites for hydroxylation is 1. The van der Waals surface area contributed by atoms with Crippen LogP contribution in [0.1, 0.15) is 35.2 Å². The molecule has 19 heavy (non-hydrogen) atoms. The summed E-state index contributed by atoms with van der Waals surface area (Å²) >= 11 is 2.19. The standard InChI is InChI=1S/C14H16INO3/c1-9-5-6-10(8-11(9)15)13(17)16-7-3-2-4-12(16)14(18)19/h5-6,8,12H,2-4,7H2,1H3,(H,18,19)/t12-/m1/s1. The Morgan fingerprint density at radius 3 is 2.74 bits per heavy atom. The van der Waals surface area contributed by atoms with Gasteiger partial charge in [-0.1, -0.05) is 6.07 Å². The number of carboxylic acid groups (broad SMARTS) is 1. The van der Waals surface area contributed by atoms with Crippen molar-refractivity contribution in [3.8, 4) is 0 Å². The molecule has 0 aromatic heterocycles. The Morgan fingerprint density at radius 1 is 1.37 bits per heavy atom. The van der Waals surface area contributed by atoms with Gasteiger partial charge < -0.3 is 10.0 Å². The van der Waals surface area contributed by atoms with Gasteiger partial charge in [-0.05, 0) is 66.5 Å². The van der Waals surface area contributed by atoms with Gasteiger partial charge in [-0.25, -0.2) is 4.79 Å². The lowest BCUT2D eigenvalue weighted by Crippen LogP contribution is -2.48. The maximum atomic E-state index is 12.4. The molecule has 1 aromatic rings. The molecule has 102 valence electrons. The van der Waals surface area contributed by atoms with Crippen molar-refractivity contribution in [3.05, 3.63) is 32.9 Å². The molecule has 0 aliphatic carbocycles. The van der Waals surface area contributed by atoms with Crippen LogP contribution in [-0.4, -0.2) is 34.5 Å². The molecule has 0 spiro atoms. The Balaban J connectivity index is 2.26. The third-order valence-corrected chi connectivity index (χ3v) is 4.63. The monoisotopic (exact) mass is 373 g/mol. The molecule has 2 rings (SSSR count). The van der Waals surface area contributed by atoms with Gasteiger partial charge in [0.1, 0.15) is 6.04 Å². The normalized spacial score (nSPS) is 19.3. The number of hydrogen-bond donors (Lipinski definition) is 1. The number of likely N-dealkylation sites (tertiary alicyclic amines) is 1. The number of nitrogens with zero attached hydrogens (tertiary/aromatic N) is 1. The van der Waals surface area contributed by atoms with Crippen LogP contribution >= 0.6 is 22.6 Å². The van der Waals surface area contributed by atoms with E-state index in [0.29, 0.717) is 18.5 Å². The highest BCUT2D eigenvalue weighted by atomic mass is 127. The number of amides is 1. The van der Waals surface area contributed by atoms with Crippen LogP contribution in [0.3, 0.4) is 0 Å². The SMILES string of the molecule is Cc1ccc(C(=O)N2CCCC[C@@H]2C(=O)O)cc1I. The van der Waals surface area contributed by atoms with Crippen LogP contribution in [0, 0.1) is 10.5 Å². The van der Waals surface area contributed by atoms with Gasteiger partial charge in [0.2, 0.25) is 0 Å². The fourth-order valence-electron chi connectivity index (χ4n) is 2.32. The second-order valence-electron chi connectivity index (χ2n) is 4.81. The van der Waals surface area contributed by atoms with E-state index < -0.39 is 12.0 Å². The molecule has 1 aromatic carbocycles. The summed E-state index contributed by atoms with van der Waals surface area (Å²) in [5.74, 6) is -1.08. The molecule has 1 saturated heterocycles. The number of piperidine rings is 1. The minimum absolute atomic E-state index is 0.176. The van der Waals surface area contributed by atoms with E-state index in [1.54, 1.807) is 6.07 Å². The van der Waals surface area contributed by atoms with Gasteiger partial charge >= 0.3 is 5.97 Å². The molecule has 1 fully saturated rings. The molecule has 1 amide bonds. The van der Waals surface area contributed by atoms with Crippen LogP contribution in [0.4, 0.5) is 0 Å². The van der Waals surface area contributed by atoms with Crippen molar-refractivity contribution >= 4 is 34.5 Å². The van der Waals surface area contributed by atoms with Crippen molar-refractivity contribution in [3.63, 3.8) is 0 Å². The van der Waals surface area contributed by atoms with Crippen molar-refractivity contribution in [2.75, 3.05) is 6.54 Å². The number of benzene rings is 1. The Labute approximate surface area is 125 Å². The van der Waals surface area contributed by atoms with Crippen LogP contribution in [0.2, 0.25) is 0 Å². The minimum atomic E-state index is -0.908. The molecular formula is C14H16INO3. The largest absolute Gasteiger partial charge is 0.480 e. The van der Waals surface area contributed by atoms with Gasteiger partial charge in [-0.3, -0.25) is 4.79 Å². The lowest BCUT2D eigenvalue weighted by atomic mass is 10.0. The number of hydrogen-bond acceptors (Lipinski definition) is 2. The molecule has 1 aliphatic heterocycles. The molecule has 4 nitrogen and oxygen atoms in total. The van der Waals surface area contributed by atoms with Gasteiger partial charge in [-0.15, -0.1) is 0 Å². The molecule has 1 aliphatic rings. The lowest BCUT2D eigenvalue weighted by Gasteiger charge is -2.33. The zero-order valence-corrected chi connectivity index (χ0v) is 12.9. The number of halogens is 1. The summed E-state index contributed by atoms with van der Waals surface area (Å²) < 4.78 is 1.02. The van der Waals surface area contributed by atoms with Gasteiger partial charge in [0.25, 0.3) is 5.91 Å². The summed E-state index contributed by atoms with van der Waals surface area (Å²) in [6.07, 6.45) is 2.29. The van der Waals surface area contributed by atoms with Gasteiger partial charge in [0, 0.05) is 15.7 Å². The fraction of sp³-hybridized carbons (Fsp3) is 0.429. The fourth-order valence-corrected chi connectivity index (χ4v) is 2.84. The molecular weight excluding hydrogens is 357 g/mol. The second-order valence-corrected chi connectivity index (χ2v) is 5.97. The number of aliphatic carboxylic acids is 1. The van der Waals surface area contributed by atoms with E-state index in [9.17, 15) is 14.7 Å². The van der Waals surface area contributed by atoms with Crippen LogP contribution in [0.5, 0.6) is 0 Å². The molecule has 1 heterocycles. The van der Waals surface area contributed by atoms with Crippen LogP contribution in [0.25, 0.3) is 0 Å². The Bertz CT molecular complexity index is 515. The average molecular weight is 373 g/mol. The van der Waals surface area contributed by atoms with E-state index in [0.717, 1.165) is 22.0 Å². The first-order valence-corrected chi connectivity index (χ1v) is 7.38. The summed E-state index contributed by atoms with van der Waals surface area (Å²) in [5.41, 5.74) is 1.69. The maximum absolute atomic E-state index is 12.4. The Hall–Kier alpha value is -1.11. The number of carbonyl (C=O) groups excluding carboxylic acids is 1. The van der Waals surface area contributed by atoms with E-state index in [1.165, 1.54) is 4.90 Å². The first kappa shape index (κ1) is 14.3. The molecule has 1 N–H and O–H groups in total. The van der Waals surface area contributed by atoms with Crippen LogP contribution in [-0.2, 0) is 4.79 Å². The van der Waals surface area contributed by atoms with Crippen LogP contribution in [0.15, 0.2) is 18.2 Å². The molecule has 0 radical (unpaired) electrons. The number of carbonyl (C=O) groups is 2. The molecule has 5 heteroatoms. The summed E-state index contributed by atoms with van der Waals surface area (Å²) in [6.45, 7) is 2.51. The summed E-state index contributed by atoms with van der Waals surface area (Å²) in [4.78, 5) is 25.2. The van der Waals surface area contributed by atoms with Crippen molar-refractivity contribution in [2.24, 2.45) is 0 Å². The highest BCUT2D eigenvalue weighted by Crippen LogP contribution is 2.21. The topological polar surface area (TPSA) is 57.6 Å². The molecule has 0 bridgehead atoms. The van der Waals surface area contributed by atoms with Gasteiger partial charge in [0.15, 0.2) is 0 Å². The van der Waals surface area contributed by atoms with E-state index in [2.05, 4.69) is 22.6 Å². The third kappa shape index (κ3) is 3.08. The smallest absolute Gasteiger partial charge is 0.326 e. The summed E-state index contributed by atoms with van der Waals surface area (Å²) in [6, 6.07) is 4.81. The van der Waals surface area contributed by atoms with Crippen molar-refractivity contribution < 1.29 is 14.7 Å². The quantitative estimate of drug-likeness (QED) is 0.812. The van der Waals surface area contributed by atoms with Gasteiger partial charge in [-0.2, -0.15) is 0 Å². The second kappa shape index (κ2) is 5.90. The van der Waals surface area contributed by atoms with Crippen molar-refractivity contribution in [1.82, 2.24) is 4.90 Å². The van der Waals surface area contributed by atoms with Crippen molar-refractivity contribution in [2.45, 2.75) is 32.2 Å². The Morgan fingerprint density at radius 2 is 2.11 bits per heavy atom. The average Bonchev–Trinajstić information content (AvgIpc) is 2.41. The highest BCUT2D eigenvalue weighted by Gasteiger charge is 2.32. The first-order chi connectivity index (χ1) is 9.00. The lowest BCUT2D eigenvalue weighted by molar-refractivity contribution is -0.143. The van der Waals surface area contributed by atoms with E-state index >= 15 is 0 Å². The predicted molar refractivity (Wildman–Crippen MR) is 80.2 cm³/mol. The third-order valence-electron chi connectivity index (χ3n) is 3.47. The maximum Gasteiger partial charge on any atom is 0.326 e. The van der Waals surface area contributed by atoms with Gasteiger partial charge in [0.05, 0.1) is 0 Å². The molecule has 1 atom stereocenters. The zero-order valence-electron chi connectivity index (χ0n) is 10.7. The minimum Gasteiger partial charge on any atom is -0.480 e.